The number of carbonyl (C=O) groups is 1. The molecule has 5 nitrogen and oxygen atoms in total. The predicted octanol–water partition coefficient (Wildman–Crippen LogP) is 7.54. The van der Waals surface area contributed by atoms with Gasteiger partial charge in [0.05, 0.1) is 10.0 Å². The maximum Gasteiger partial charge on any atom is 0.266 e. The average molecular weight is 568 g/mol. The largest absolute Gasteiger partial charge is 0.488 e. The van der Waals surface area contributed by atoms with E-state index in [0.717, 1.165) is 56.9 Å². The molecule has 7 heteroatoms. The highest BCUT2D eigenvalue weighted by molar-refractivity contribution is 9.10. The number of nitrogens with one attached hydrogen (secondary N) is 1. The van der Waals surface area contributed by atoms with Gasteiger partial charge in [-0.3, -0.25) is 4.79 Å². The zero-order chi connectivity index (χ0) is 25.8. The molecule has 182 valence electrons. The summed E-state index contributed by atoms with van der Waals surface area (Å²) in [6.45, 7) is 0.410. The van der Waals surface area contributed by atoms with E-state index in [9.17, 15) is 15.3 Å². The Morgan fingerprint density at radius 3 is 2.70 bits per heavy atom. The van der Waals surface area contributed by atoms with Gasteiger partial charge in [-0.2, -0.15) is 10.5 Å². The first-order chi connectivity index (χ1) is 18.1. The second-order valence-electron chi connectivity index (χ2n) is 8.77. The number of nitrogens with zero attached hydrogens (tertiary/aromatic N) is 2. The minimum absolute atomic E-state index is 0.0356. The molecule has 0 unspecified atom stereocenters. The highest BCUT2D eigenvalue weighted by Crippen LogP contribution is 2.38. The number of nitriles is 2. The van der Waals surface area contributed by atoms with E-state index in [-0.39, 0.29) is 5.57 Å². The molecule has 1 aliphatic rings. The third-order valence-electron chi connectivity index (χ3n) is 6.41. The van der Waals surface area contributed by atoms with Crippen LogP contribution in [0.1, 0.15) is 40.0 Å². The van der Waals surface area contributed by atoms with Crippen LogP contribution < -0.4 is 10.1 Å². The minimum Gasteiger partial charge on any atom is -0.488 e. The van der Waals surface area contributed by atoms with Crippen LogP contribution in [0.5, 0.6) is 5.75 Å². The van der Waals surface area contributed by atoms with Gasteiger partial charge in [0.2, 0.25) is 0 Å². The van der Waals surface area contributed by atoms with Gasteiger partial charge in [0.25, 0.3) is 5.91 Å². The predicted molar refractivity (Wildman–Crippen MR) is 150 cm³/mol. The zero-order valence-electron chi connectivity index (χ0n) is 19.9. The Bertz CT molecular complexity index is 1620. The second kappa shape index (κ2) is 11.0. The SMILES string of the molecule is N#C/C(=C\c1ccc(OCc2cccc3ccccc23)c(Br)c1)C(=O)Nc1sc2c(c1C#N)CCCC2. The molecule has 0 atom stereocenters. The molecule has 4 aromatic rings. The summed E-state index contributed by atoms with van der Waals surface area (Å²) >= 11 is 4.99. The van der Waals surface area contributed by atoms with Crippen LogP contribution in [0.25, 0.3) is 16.8 Å². The van der Waals surface area contributed by atoms with Gasteiger partial charge in [-0.05, 0) is 87.3 Å². The molecule has 0 spiro atoms. The van der Waals surface area contributed by atoms with Crippen LogP contribution in [0.3, 0.4) is 0 Å². The molecule has 0 bridgehead atoms. The van der Waals surface area contributed by atoms with Gasteiger partial charge in [0.1, 0.15) is 35.1 Å². The fourth-order valence-electron chi connectivity index (χ4n) is 4.56. The van der Waals surface area contributed by atoms with Crippen molar-refractivity contribution in [1.29, 1.82) is 10.5 Å². The third kappa shape index (κ3) is 5.29. The molecule has 1 heterocycles. The lowest BCUT2D eigenvalue weighted by Crippen LogP contribution is -2.13. The van der Waals surface area contributed by atoms with Crippen molar-refractivity contribution in [3.8, 4) is 17.9 Å². The lowest BCUT2D eigenvalue weighted by Gasteiger charge is -2.11. The number of benzene rings is 3. The molecule has 0 aliphatic heterocycles. The highest BCUT2D eigenvalue weighted by atomic mass is 79.9. The van der Waals surface area contributed by atoms with Gasteiger partial charge in [-0.15, -0.1) is 11.3 Å². The van der Waals surface area contributed by atoms with Gasteiger partial charge < -0.3 is 10.1 Å². The summed E-state index contributed by atoms with van der Waals surface area (Å²) in [5.74, 6) is 0.140. The van der Waals surface area contributed by atoms with Crippen LogP contribution >= 0.6 is 27.3 Å². The smallest absolute Gasteiger partial charge is 0.266 e. The number of halogens is 1. The van der Waals surface area contributed by atoms with Gasteiger partial charge in [0, 0.05) is 4.88 Å². The molecule has 0 saturated heterocycles. The van der Waals surface area contributed by atoms with E-state index >= 15 is 0 Å². The summed E-state index contributed by atoms with van der Waals surface area (Å²) in [6, 6.07) is 24.0. The van der Waals surface area contributed by atoms with Crippen molar-refractivity contribution in [2.24, 2.45) is 0 Å². The molecule has 0 saturated carbocycles. The fourth-order valence-corrected chi connectivity index (χ4v) is 6.30. The maximum absolute atomic E-state index is 12.9. The molecular formula is C30H22BrN3O2S. The first-order valence-corrected chi connectivity index (χ1v) is 13.5. The summed E-state index contributed by atoms with van der Waals surface area (Å²) in [5.41, 5.74) is 3.30. The highest BCUT2D eigenvalue weighted by Gasteiger charge is 2.22. The van der Waals surface area contributed by atoms with Gasteiger partial charge in [-0.1, -0.05) is 48.5 Å². The van der Waals surface area contributed by atoms with Crippen molar-refractivity contribution in [1.82, 2.24) is 0 Å². The van der Waals surface area contributed by atoms with Crippen molar-refractivity contribution in [3.63, 3.8) is 0 Å². The van der Waals surface area contributed by atoms with E-state index in [4.69, 9.17) is 4.74 Å². The van der Waals surface area contributed by atoms with Gasteiger partial charge in [0.15, 0.2) is 0 Å². The number of ether oxygens (including phenoxy) is 1. The second-order valence-corrected chi connectivity index (χ2v) is 10.7. The summed E-state index contributed by atoms with van der Waals surface area (Å²) in [5, 5.41) is 24.9. The number of hydrogen-bond donors (Lipinski definition) is 1. The van der Waals surface area contributed by atoms with Crippen LogP contribution in [-0.2, 0) is 24.2 Å². The van der Waals surface area contributed by atoms with E-state index < -0.39 is 5.91 Å². The number of anilines is 1. The Hall–Kier alpha value is -3.91. The molecule has 0 fully saturated rings. The van der Waals surface area contributed by atoms with Crippen LogP contribution in [0.15, 0.2) is 70.7 Å². The summed E-state index contributed by atoms with van der Waals surface area (Å²) < 4.78 is 6.79. The Balaban J connectivity index is 1.31. The Morgan fingerprint density at radius 2 is 1.89 bits per heavy atom. The Labute approximate surface area is 227 Å². The van der Waals surface area contributed by atoms with Crippen molar-refractivity contribution < 1.29 is 9.53 Å². The van der Waals surface area contributed by atoms with Gasteiger partial charge in [-0.25, -0.2) is 0 Å². The van der Waals surface area contributed by atoms with E-state index in [1.165, 1.54) is 17.4 Å². The number of amides is 1. The van der Waals surface area contributed by atoms with E-state index in [1.54, 1.807) is 6.07 Å². The molecule has 0 radical (unpaired) electrons. The van der Waals surface area contributed by atoms with Crippen LogP contribution in [-0.4, -0.2) is 5.91 Å². The molecule has 5 rings (SSSR count). The van der Waals surface area contributed by atoms with E-state index in [1.807, 2.05) is 42.5 Å². The normalized spacial score (nSPS) is 12.9. The van der Waals surface area contributed by atoms with Crippen molar-refractivity contribution in [2.45, 2.75) is 32.3 Å². The first-order valence-electron chi connectivity index (χ1n) is 11.9. The molecular weight excluding hydrogens is 546 g/mol. The minimum atomic E-state index is -0.523. The molecule has 3 aromatic carbocycles. The van der Waals surface area contributed by atoms with Crippen molar-refractivity contribution in [3.05, 3.63) is 97.8 Å². The third-order valence-corrected chi connectivity index (χ3v) is 8.23. The lowest BCUT2D eigenvalue weighted by molar-refractivity contribution is -0.112. The monoisotopic (exact) mass is 567 g/mol. The topological polar surface area (TPSA) is 85.9 Å². The van der Waals surface area contributed by atoms with Crippen LogP contribution in [0.4, 0.5) is 5.00 Å². The van der Waals surface area contributed by atoms with Gasteiger partial charge >= 0.3 is 0 Å². The molecule has 37 heavy (non-hydrogen) atoms. The number of rotatable bonds is 6. The number of aryl methyl sites for hydroxylation is 1. The number of thiophene rings is 1. The molecule has 1 aromatic heterocycles. The summed E-state index contributed by atoms with van der Waals surface area (Å²) in [7, 11) is 0. The lowest BCUT2D eigenvalue weighted by atomic mass is 9.96. The quantitative estimate of drug-likeness (QED) is 0.192. The summed E-state index contributed by atoms with van der Waals surface area (Å²) in [6.07, 6.45) is 5.45. The number of carbonyl (C=O) groups excluding carboxylic acids is 1. The zero-order valence-corrected chi connectivity index (χ0v) is 22.3. The van der Waals surface area contributed by atoms with E-state index in [0.29, 0.717) is 28.5 Å². The molecule has 1 amide bonds. The van der Waals surface area contributed by atoms with Crippen LogP contribution in [0.2, 0.25) is 0 Å². The fraction of sp³-hybridized carbons (Fsp3) is 0.167. The summed E-state index contributed by atoms with van der Waals surface area (Å²) in [4.78, 5) is 14.1. The van der Waals surface area contributed by atoms with Crippen molar-refractivity contribution >= 4 is 55.0 Å². The molecule has 1 N–H and O–H groups in total. The maximum atomic E-state index is 12.9. The molecule has 1 aliphatic carbocycles. The van der Waals surface area contributed by atoms with Crippen LogP contribution in [0, 0.1) is 22.7 Å². The number of fused-ring (bicyclic) bond motifs is 2. The number of hydrogen-bond acceptors (Lipinski definition) is 5. The Morgan fingerprint density at radius 1 is 1.08 bits per heavy atom. The average Bonchev–Trinajstić information content (AvgIpc) is 3.27. The standard InChI is InChI=1S/C30H22BrN3O2S/c31-26-15-19(12-13-27(26)36-18-21-8-5-7-20-6-1-2-9-23(20)21)14-22(16-32)29(35)34-30-25(17-33)24-10-3-4-11-28(24)37-30/h1-2,5-9,12-15H,3-4,10-11,18H2,(H,34,35)/b22-14+. The van der Waals surface area contributed by atoms with E-state index in [2.05, 4.69) is 45.5 Å². The first kappa shape index (κ1) is 24.8. The Kier molecular flexibility index (Phi) is 7.37. The van der Waals surface area contributed by atoms with Crippen molar-refractivity contribution in [2.75, 3.05) is 5.32 Å².